The number of pyridine rings is 1. The lowest BCUT2D eigenvalue weighted by atomic mass is 9.93. The fourth-order valence-corrected chi connectivity index (χ4v) is 5.29. The predicted octanol–water partition coefficient (Wildman–Crippen LogP) is 9.41. The molecule has 0 atom stereocenters. The molecule has 0 saturated heterocycles. The third kappa shape index (κ3) is 3.88. The van der Waals surface area contributed by atoms with Gasteiger partial charge in [0.1, 0.15) is 0 Å². The lowest BCUT2D eigenvalue weighted by molar-refractivity contribution is 1.41. The monoisotopic (exact) mass is 482 g/mol. The van der Waals surface area contributed by atoms with Crippen molar-refractivity contribution in [1.82, 2.24) is 4.98 Å². The Morgan fingerprint density at radius 1 is 0.474 bits per heavy atom. The van der Waals surface area contributed by atoms with Gasteiger partial charge in [-0.2, -0.15) is 5.26 Å². The van der Waals surface area contributed by atoms with E-state index in [4.69, 9.17) is 0 Å². The first-order chi connectivity index (χ1) is 18.7. The van der Waals surface area contributed by atoms with Crippen LogP contribution in [0.25, 0.3) is 65.8 Å². The predicted molar refractivity (Wildman–Crippen MR) is 158 cm³/mol. The molecule has 2 nitrogen and oxygen atoms in total. The molecule has 1 aromatic heterocycles. The number of fused-ring (bicyclic) bond motifs is 3. The number of benzene rings is 6. The number of nitriles is 1. The lowest BCUT2D eigenvalue weighted by Crippen LogP contribution is -1.85. The van der Waals surface area contributed by atoms with Gasteiger partial charge in [0.2, 0.25) is 0 Å². The van der Waals surface area contributed by atoms with E-state index in [0.717, 1.165) is 16.5 Å². The Hall–Kier alpha value is -5.26. The van der Waals surface area contributed by atoms with Gasteiger partial charge >= 0.3 is 0 Å². The molecule has 0 aliphatic carbocycles. The zero-order valence-electron chi connectivity index (χ0n) is 20.6. The molecule has 0 aliphatic heterocycles. The highest BCUT2D eigenvalue weighted by Gasteiger charge is 2.08. The maximum absolute atomic E-state index is 9.18. The summed E-state index contributed by atoms with van der Waals surface area (Å²) in [4.78, 5) is 4.45. The van der Waals surface area contributed by atoms with Gasteiger partial charge in [0.15, 0.2) is 0 Å². The van der Waals surface area contributed by atoms with Crippen LogP contribution in [0.1, 0.15) is 5.56 Å². The normalized spacial score (nSPS) is 11.1. The lowest BCUT2D eigenvalue weighted by Gasteiger charge is -2.11. The van der Waals surface area contributed by atoms with Gasteiger partial charge in [0, 0.05) is 11.6 Å². The van der Waals surface area contributed by atoms with Crippen molar-refractivity contribution in [3.05, 3.63) is 139 Å². The van der Waals surface area contributed by atoms with Gasteiger partial charge in [-0.25, -0.2) is 0 Å². The van der Waals surface area contributed by atoms with Gasteiger partial charge < -0.3 is 0 Å². The van der Waals surface area contributed by atoms with E-state index in [1.165, 1.54) is 49.4 Å². The Labute approximate surface area is 221 Å². The van der Waals surface area contributed by atoms with E-state index >= 15 is 0 Å². The molecule has 0 amide bonds. The highest BCUT2D eigenvalue weighted by atomic mass is 14.6. The molecule has 0 radical (unpaired) electrons. The molecular weight excluding hydrogens is 460 g/mol. The first-order valence-corrected chi connectivity index (χ1v) is 12.7. The smallest absolute Gasteiger partial charge is 0.0991 e. The summed E-state index contributed by atoms with van der Waals surface area (Å²) in [6.07, 6.45) is 1.83. The molecule has 0 spiro atoms. The molecule has 0 fully saturated rings. The summed E-state index contributed by atoms with van der Waals surface area (Å²) in [7, 11) is 0. The van der Waals surface area contributed by atoms with Crippen molar-refractivity contribution in [2.24, 2.45) is 0 Å². The maximum Gasteiger partial charge on any atom is 0.0991 e. The van der Waals surface area contributed by atoms with Crippen molar-refractivity contribution in [3.8, 4) is 39.4 Å². The second-order valence-electron chi connectivity index (χ2n) is 9.62. The number of hydrogen-bond donors (Lipinski definition) is 0. The Balaban J connectivity index is 1.32. The summed E-state index contributed by atoms with van der Waals surface area (Å²) in [5.74, 6) is 0. The number of nitrogens with zero attached hydrogens (tertiary/aromatic N) is 2. The second kappa shape index (κ2) is 9.00. The van der Waals surface area contributed by atoms with Gasteiger partial charge in [-0.05, 0) is 103 Å². The van der Waals surface area contributed by atoms with E-state index in [-0.39, 0.29) is 0 Å². The molecule has 0 saturated carbocycles. The molecule has 2 heteroatoms. The number of hydrogen-bond acceptors (Lipinski definition) is 2. The Bertz CT molecular complexity index is 2030. The van der Waals surface area contributed by atoms with Crippen LogP contribution in [0.5, 0.6) is 0 Å². The summed E-state index contributed by atoms with van der Waals surface area (Å²) in [6, 6.07) is 47.0. The van der Waals surface area contributed by atoms with E-state index in [9.17, 15) is 5.26 Å². The highest BCUT2D eigenvalue weighted by molar-refractivity contribution is 6.00. The molecular formula is C36H22N2. The Morgan fingerprint density at radius 3 is 1.82 bits per heavy atom. The maximum atomic E-state index is 9.18. The Kier molecular flexibility index (Phi) is 5.20. The van der Waals surface area contributed by atoms with Crippen molar-refractivity contribution < 1.29 is 0 Å². The van der Waals surface area contributed by atoms with Crippen LogP contribution in [-0.2, 0) is 0 Å². The molecule has 1 heterocycles. The number of aromatic nitrogens is 1. The zero-order valence-corrected chi connectivity index (χ0v) is 20.6. The van der Waals surface area contributed by atoms with Gasteiger partial charge in [0.05, 0.1) is 17.1 Å². The fraction of sp³-hybridized carbons (Fsp3) is 0. The van der Waals surface area contributed by atoms with Crippen molar-refractivity contribution >= 4 is 32.4 Å². The average molecular weight is 483 g/mol. The molecule has 7 aromatic rings. The van der Waals surface area contributed by atoms with E-state index in [1.807, 2.05) is 36.5 Å². The first kappa shape index (κ1) is 22.0. The van der Waals surface area contributed by atoms with E-state index in [1.54, 1.807) is 0 Å². The molecule has 0 N–H and O–H groups in total. The standard InChI is InChI=1S/C36H22N2/c37-23-24-6-8-27(9-7-24)34-5-1-3-26-12-15-31(22-35(26)34)29-14-11-25-10-13-28(20-33(25)21-29)30-16-17-36-32(19-30)4-2-18-38-36/h1-22H. The van der Waals surface area contributed by atoms with Crippen LogP contribution < -0.4 is 0 Å². The molecule has 0 unspecified atom stereocenters. The SMILES string of the molecule is N#Cc1ccc(-c2cccc3ccc(-c4ccc5ccc(-c6ccc7ncccc7c6)cc5c4)cc23)cc1. The van der Waals surface area contributed by atoms with E-state index in [0.29, 0.717) is 5.56 Å². The average Bonchev–Trinajstić information content (AvgIpc) is 2.99. The van der Waals surface area contributed by atoms with Crippen molar-refractivity contribution in [3.63, 3.8) is 0 Å². The van der Waals surface area contributed by atoms with Gasteiger partial charge in [-0.3, -0.25) is 4.98 Å². The second-order valence-corrected chi connectivity index (χ2v) is 9.62. The summed E-state index contributed by atoms with van der Waals surface area (Å²) in [5.41, 5.74) is 8.72. The molecule has 0 aliphatic rings. The zero-order chi connectivity index (χ0) is 25.5. The molecule has 176 valence electrons. The van der Waals surface area contributed by atoms with Crippen LogP contribution >= 0.6 is 0 Å². The van der Waals surface area contributed by atoms with Crippen molar-refractivity contribution in [2.75, 3.05) is 0 Å². The van der Waals surface area contributed by atoms with E-state index < -0.39 is 0 Å². The van der Waals surface area contributed by atoms with Crippen molar-refractivity contribution in [1.29, 1.82) is 5.26 Å². The first-order valence-electron chi connectivity index (χ1n) is 12.7. The Morgan fingerprint density at radius 2 is 1.08 bits per heavy atom. The van der Waals surface area contributed by atoms with Gasteiger partial charge in [0.25, 0.3) is 0 Å². The quantitative estimate of drug-likeness (QED) is 0.251. The van der Waals surface area contributed by atoms with Crippen molar-refractivity contribution in [2.45, 2.75) is 0 Å². The summed E-state index contributed by atoms with van der Waals surface area (Å²) < 4.78 is 0. The van der Waals surface area contributed by atoms with Crippen LogP contribution in [0, 0.1) is 11.3 Å². The third-order valence-electron chi connectivity index (χ3n) is 7.32. The minimum Gasteiger partial charge on any atom is -0.256 e. The largest absolute Gasteiger partial charge is 0.256 e. The van der Waals surface area contributed by atoms with Crippen LogP contribution in [-0.4, -0.2) is 4.98 Å². The molecule has 6 aromatic carbocycles. The van der Waals surface area contributed by atoms with Crippen LogP contribution in [0.3, 0.4) is 0 Å². The fourth-order valence-electron chi connectivity index (χ4n) is 5.29. The number of rotatable bonds is 3. The highest BCUT2D eigenvalue weighted by Crippen LogP contribution is 2.34. The van der Waals surface area contributed by atoms with Crippen LogP contribution in [0.15, 0.2) is 134 Å². The van der Waals surface area contributed by atoms with E-state index in [2.05, 4.69) is 108 Å². The molecule has 38 heavy (non-hydrogen) atoms. The van der Waals surface area contributed by atoms with Crippen LogP contribution in [0.4, 0.5) is 0 Å². The summed E-state index contributed by atoms with van der Waals surface area (Å²) >= 11 is 0. The third-order valence-corrected chi connectivity index (χ3v) is 7.32. The molecule has 0 bridgehead atoms. The van der Waals surface area contributed by atoms with Gasteiger partial charge in [-0.15, -0.1) is 0 Å². The van der Waals surface area contributed by atoms with Gasteiger partial charge in [-0.1, -0.05) is 78.9 Å². The minimum atomic E-state index is 0.672. The summed E-state index contributed by atoms with van der Waals surface area (Å²) in [6.45, 7) is 0. The minimum absolute atomic E-state index is 0.672. The molecule has 7 rings (SSSR count). The topological polar surface area (TPSA) is 36.7 Å². The van der Waals surface area contributed by atoms with Crippen LogP contribution in [0.2, 0.25) is 0 Å². The summed E-state index contributed by atoms with van der Waals surface area (Å²) in [5, 5.41) is 15.2.